The minimum absolute atomic E-state index is 0.0653. The fourth-order valence-corrected chi connectivity index (χ4v) is 4.12. The van der Waals surface area contributed by atoms with Gasteiger partial charge < -0.3 is 0 Å². The summed E-state index contributed by atoms with van der Waals surface area (Å²) in [6, 6.07) is 8.33. The Balaban J connectivity index is 1.57. The molecule has 0 bridgehead atoms. The maximum Gasteiger partial charge on any atom is 0.187 e. The van der Waals surface area contributed by atoms with Crippen molar-refractivity contribution >= 4 is 17.6 Å². The molecule has 2 aromatic rings. The van der Waals surface area contributed by atoms with Crippen LogP contribution in [0.25, 0.3) is 5.57 Å². The Morgan fingerprint density at radius 2 is 2.00 bits per heavy atom. The van der Waals surface area contributed by atoms with Crippen LogP contribution < -0.4 is 0 Å². The van der Waals surface area contributed by atoms with E-state index in [9.17, 15) is 4.79 Å². The first-order chi connectivity index (χ1) is 13.6. The lowest BCUT2D eigenvalue weighted by Gasteiger charge is -2.26. The van der Waals surface area contributed by atoms with Crippen molar-refractivity contribution in [3.63, 3.8) is 0 Å². The van der Waals surface area contributed by atoms with Crippen LogP contribution in [0.15, 0.2) is 41.5 Å². The normalized spacial score (nSPS) is 17.6. The lowest BCUT2D eigenvalue weighted by atomic mass is 9.89. The zero-order chi connectivity index (χ0) is 19.5. The number of aromatic nitrogens is 1. The summed E-state index contributed by atoms with van der Waals surface area (Å²) in [5.74, 6) is 0.0653. The molecular formula is C24H27N3O. The number of fused-ring (bicyclic) bond motifs is 1. The Bertz CT molecular complexity index is 952. The number of pyridine rings is 1. The molecule has 144 valence electrons. The smallest absolute Gasteiger partial charge is 0.187 e. The maximum atomic E-state index is 12.8. The Hall–Kier alpha value is -2.59. The molecule has 1 fully saturated rings. The summed E-state index contributed by atoms with van der Waals surface area (Å²) in [7, 11) is 1.77. The predicted octanol–water partition coefficient (Wildman–Crippen LogP) is 4.25. The molecule has 1 aromatic heterocycles. The van der Waals surface area contributed by atoms with Crippen LogP contribution in [-0.4, -0.2) is 42.0 Å². The van der Waals surface area contributed by atoms with Crippen LogP contribution in [0, 0.1) is 6.92 Å². The fourth-order valence-electron chi connectivity index (χ4n) is 4.12. The average molecular weight is 374 g/mol. The number of rotatable bonds is 4. The van der Waals surface area contributed by atoms with Crippen LogP contribution in [0.1, 0.15) is 57.6 Å². The van der Waals surface area contributed by atoms with Gasteiger partial charge in [-0.3, -0.25) is 19.7 Å². The van der Waals surface area contributed by atoms with Gasteiger partial charge >= 0.3 is 0 Å². The molecule has 1 saturated heterocycles. The van der Waals surface area contributed by atoms with Gasteiger partial charge in [0.2, 0.25) is 0 Å². The minimum atomic E-state index is 0.0653. The highest BCUT2D eigenvalue weighted by Gasteiger charge is 2.21. The van der Waals surface area contributed by atoms with Gasteiger partial charge in [-0.2, -0.15) is 0 Å². The van der Waals surface area contributed by atoms with Gasteiger partial charge in [0.15, 0.2) is 5.78 Å². The number of hydrogen-bond donors (Lipinski definition) is 0. The number of nitrogens with zero attached hydrogens (tertiary/aromatic N) is 3. The number of carbonyl (C=O) groups excluding carboxylic acids is 1. The number of hydrogen-bond acceptors (Lipinski definition) is 4. The van der Waals surface area contributed by atoms with Crippen molar-refractivity contribution < 1.29 is 4.79 Å². The van der Waals surface area contributed by atoms with E-state index in [0.717, 1.165) is 53.2 Å². The van der Waals surface area contributed by atoms with E-state index in [2.05, 4.69) is 46.1 Å². The molecule has 28 heavy (non-hydrogen) atoms. The lowest BCUT2D eigenvalue weighted by Crippen LogP contribution is -2.29. The van der Waals surface area contributed by atoms with Gasteiger partial charge in [0.05, 0.1) is 5.69 Å². The first-order valence-electron chi connectivity index (χ1n) is 10.1. The van der Waals surface area contributed by atoms with Crippen molar-refractivity contribution in [3.05, 3.63) is 70.0 Å². The van der Waals surface area contributed by atoms with Crippen molar-refractivity contribution in [1.82, 2.24) is 9.88 Å². The molecule has 2 heterocycles. The first kappa shape index (κ1) is 18.8. The summed E-state index contributed by atoms with van der Waals surface area (Å²) < 4.78 is 0. The van der Waals surface area contributed by atoms with Crippen LogP contribution in [-0.2, 0) is 13.0 Å². The largest absolute Gasteiger partial charge is 0.299 e. The minimum Gasteiger partial charge on any atom is -0.299 e. The number of likely N-dealkylation sites (tertiary alicyclic amines) is 1. The van der Waals surface area contributed by atoms with Gasteiger partial charge in [0.25, 0.3) is 0 Å². The van der Waals surface area contributed by atoms with E-state index in [0.29, 0.717) is 6.42 Å². The van der Waals surface area contributed by atoms with E-state index < -0.39 is 0 Å². The molecule has 0 unspecified atom stereocenters. The summed E-state index contributed by atoms with van der Waals surface area (Å²) in [4.78, 5) is 24.1. The van der Waals surface area contributed by atoms with E-state index in [-0.39, 0.29) is 5.78 Å². The van der Waals surface area contributed by atoms with Crippen LogP contribution in [0.3, 0.4) is 0 Å². The molecule has 1 aliphatic carbocycles. The second-order valence-electron chi connectivity index (χ2n) is 7.84. The second kappa shape index (κ2) is 8.19. The number of carbonyl (C=O) groups is 1. The Morgan fingerprint density at radius 3 is 2.79 bits per heavy atom. The second-order valence-corrected chi connectivity index (χ2v) is 7.84. The highest BCUT2D eigenvalue weighted by Crippen LogP contribution is 2.28. The number of ketones is 1. The van der Waals surface area contributed by atoms with E-state index in [1.807, 2.05) is 12.4 Å². The summed E-state index contributed by atoms with van der Waals surface area (Å²) in [6.07, 6.45) is 10.2. The van der Waals surface area contributed by atoms with Gasteiger partial charge in [-0.15, -0.1) is 0 Å². The fraction of sp³-hybridized carbons (Fsp3) is 0.375. The monoisotopic (exact) mass is 373 g/mol. The molecule has 0 saturated carbocycles. The van der Waals surface area contributed by atoms with Crippen LogP contribution in [0.5, 0.6) is 0 Å². The Morgan fingerprint density at radius 1 is 1.18 bits per heavy atom. The van der Waals surface area contributed by atoms with Gasteiger partial charge in [-0.1, -0.05) is 18.6 Å². The van der Waals surface area contributed by atoms with Crippen molar-refractivity contribution in [3.8, 4) is 0 Å². The molecule has 4 rings (SSSR count). The van der Waals surface area contributed by atoms with E-state index in [1.165, 1.54) is 24.8 Å². The van der Waals surface area contributed by atoms with Crippen molar-refractivity contribution in [2.45, 2.75) is 39.2 Å². The molecule has 2 aliphatic rings. The average Bonchev–Trinajstić information content (AvgIpc) is 2.71. The van der Waals surface area contributed by atoms with Gasteiger partial charge in [-0.25, -0.2) is 0 Å². The van der Waals surface area contributed by atoms with E-state index in [1.54, 1.807) is 13.1 Å². The molecule has 0 amide bonds. The molecular weight excluding hydrogens is 346 g/mol. The molecule has 0 atom stereocenters. The van der Waals surface area contributed by atoms with Gasteiger partial charge in [0, 0.05) is 38.0 Å². The third kappa shape index (κ3) is 3.97. The van der Waals surface area contributed by atoms with Crippen molar-refractivity contribution in [1.29, 1.82) is 0 Å². The van der Waals surface area contributed by atoms with E-state index >= 15 is 0 Å². The number of aryl methyl sites for hydroxylation is 1. The van der Waals surface area contributed by atoms with Crippen molar-refractivity contribution in [2.75, 3.05) is 20.1 Å². The molecule has 1 aromatic carbocycles. The zero-order valence-corrected chi connectivity index (χ0v) is 16.7. The third-order valence-corrected chi connectivity index (χ3v) is 5.73. The maximum absolute atomic E-state index is 12.8. The zero-order valence-electron chi connectivity index (χ0n) is 16.7. The Kier molecular flexibility index (Phi) is 5.49. The van der Waals surface area contributed by atoms with Crippen LogP contribution in [0.4, 0.5) is 0 Å². The highest BCUT2D eigenvalue weighted by atomic mass is 16.1. The molecule has 0 N–H and O–H groups in total. The molecule has 1 aliphatic heterocycles. The van der Waals surface area contributed by atoms with Crippen LogP contribution in [0.2, 0.25) is 0 Å². The third-order valence-electron chi connectivity index (χ3n) is 5.73. The Labute approximate surface area is 167 Å². The molecule has 0 radical (unpaired) electrons. The number of benzene rings is 1. The lowest BCUT2D eigenvalue weighted by molar-refractivity contribution is 0.104. The standard InChI is InChI=1S/C24H27N3O/c1-17-6-7-19(11-21(17)15-25-2)20-12-23-22(24(28)13-20)10-18(14-26-23)16-27-8-4-3-5-9-27/h6-7,10-11,13-15H,3-5,8-9,12,16H2,1-2H3. The number of aliphatic imine (C=N–C) groups is 1. The number of allylic oxidation sites excluding steroid dienone is 2. The summed E-state index contributed by atoms with van der Waals surface area (Å²) in [5.41, 5.74) is 7.15. The summed E-state index contributed by atoms with van der Waals surface area (Å²) in [6.45, 7) is 5.25. The van der Waals surface area contributed by atoms with Crippen LogP contribution >= 0.6 is 0 Å². The number of piperidine rings is 1. The summed E-state index contributed by atoms with van der Waals surface area (Å²) in [5, 5.41) is 0. The molecule has 0 spiro atoms. The molecule has 4 heteroatoms. The van der Waals surface area contributed by atoms with Gasteiger partial charge in [0.1, 0.15) is 0 Å². The highest BCUT2D eigenvalue weighted by molar-refractivity contribution is 6.11. The quantitative estimate of drug-likeness (QED) is 0.753. The van der Waals surface area contributed by atoms with Gasteiger partial charge in [-0.05, 0) is 78.9 Å². The SMILES string of the molecule is CN=Cc1cc(C2=CC(=O)c3cc(CN4CCCCC4)cnc3C2)ccc1C. The summed E-state index contributed by atoms with van der Waals surface area (Å²) >= 11 is 0. The van der Waals surface area contributed by atoms with E-state index in [4.69, 9.17) is 0 Å². The van der Waals surface area contributed by atoms with Crippen molar-refractivity contribution in [2.24, 2.45) is 4.99 Å². The first-order valence-corrected chi connectivity index (χ1v) is 10.1. The predicted molar refractivity (Wildman–Crippen MR) is 114 cm³/mol. The topological polar surface area (TPSA) is 45.6 Å². The molecule has 4 nitrogen and oxygen atoms in total.